The fraction of sp³-hybridized carbons (Fsp3) is 0.316. The molecule has 7 nitrogen and oxygen atoms in total. The van der Waals surface area contributed by atoms with E-state index in [0.717, 1.165) is 29.5 Å². The Labute approximate surface area is 174 Å². The highest BCUT2D eigenvalue weighted by Crippen LogP contribution is 2.36. The second-order valence-electron chi connectivity index (χ2n) is 5.92. The summed E-state index contributed by atoms with van der Waals surface area (Å²) >= 11 is 0.789. The fourth-order valence-corrected chi connectivity index (χ4v) is 3.28. The minimum absolute atomic E-state index is 0.0223. The van der Waals surface area contributed by atoms with E-state index in [9.17, 15) is 28.1 Å². The molecule has 0 fully saturated rings. The third-order valence-corrected chi connectivity index (χ3v) is 4.92. The predicted octanol–water partition coefficient (Wildman–Crippen LogP) is 4.43. The molecule has 2 aromatic rings. The molecule has 0 aromatic heterocycles. The molecule has 0 heterocycles. The lowest BCUT2D eigenvalue weighted by Crippen LogP contribution is -2.24. The van der Waals surface area contributed by atoms with Crippen LogP contribution in [0.4, 0.5) is 18.9 Å². The number of carbonyl (C=O) groups is 1. The van der Waals surface area contributed by atoms with Crippen LogP contribution in [0, 0.1) is 10.1 Å². The van der Waals surface area contributed by atoms with Crippen molar-refractivity contribution in [2.24, 2.45) is 0 Å². The number of methoxy groups -OCH3 is 1. The molecule has 0 spiro atoms. The first-order valence-electron chi connectivity index (χ1n) is 8.70. The number of nitro groups is 1. The van der Waals surface area contributed by atoms with Crippen LogP contribution in [0.3, 0.4) is 0 Å². The number of nitro benzene ring substituents is 1. The second-order valence-corrected chi connectivity index (χ2v) is 6.94. The number of thioether (sulfide) groups is 1. The van der Waals surface area contributed by atoms with Gasteiger partial charge in [0.15, 0.2) is 11.5 Å². The summed E-state index contributed by atoms with van der Waals surface area (Å²) in [5.74, 6) is 0.459. The summed E-state index contributed by atoms with van der Waals surface area (Å²) in [7, 11) is 1.49. The molecule has 0 radical (unpaired) electrons. The zero-order chi connectivity index (χ0) is 22.3. The Morgan fingerprint density at radius 1 is 1.20 bits per heavy atom. The molecule has 0 aliphatic carbocycles. The van der Waals surface area contributed by atoms with Gasteiger partial charge in [0.1, 0.15) is 0 Å². The first kappa shape index (κ1) is 23.3. The van der Waals surface area contributed by atoms with Gasteiger partial charge in [-0.15, -0.1) is 11.8 Å². The van der Waals surface area contributed by atoms with Crippen molar-refractivity contribution in [2.75, 3.05) is 19.5 Å². The van der Waals surface area contributed by atoms with Crippen LogP contribution in [0.15, 0.2) is 41.3 Å². The predicted molar refractivity (Wildman–Crippen MR) is 105 cm³/mol. The van der Waals surface area contributed by atoms with Crippen molar-refractivity contribution in [1.29, 1.82) is 0 Å². The first-order valence-corrected chi connectivity index (χ1v) is 9.69. The van der Waals surface area contributed by atoms with Gasteiger partial charge in [0.05, 0.1) is 34.9 Å². The number of hydrogen-bond acceptors (Lipinski definition) is 6. The van der Waals surface area contributed by atoms with E-state index in [4.69, 9.17) is 9.47 Å². The Balaban J connectivity index is 1.99. The van der Waals surface area contributed by atoms with E-state index in [1.165, 1.54) is 7.11 Å². The third-order valence-electron chi connectivity index (χ3n) is 3.86. The number of rotatable bonds is 9. The van der Waals surface area contributed by atoms with Gasteiger partial charge >= 0.3 is 6.18 Å². The van der Waals surface area contributed by atoms with Crippen LogP contribution < -0.4 is 14.8 Å². The van der Waals surface area contributed by atoms with Crippen molar-refractivity contribution in [3.05, 3.63) is 57.6 Å². The number of halogens is 3. The van der Waals surface area contributed by atoms with E-state index in [-0.39, 0.29) is 17.2 Å². The van der Waals surface area contributed by atoms with Crippen molar-refractivity contribution in [3.63, 3.8) is 0 Å². The maximum absolute atomic E-state index is 12.8. The Kier molecular flexibility index (Phi) is 7.93. The van der Waals surface area contributed by atoms with Gasteiger partial charge in [-0.3, -0.25) is 14.9 Å². The van der Waals surface area contributed by atoms with Gasteiger partial charge in [-0.2, -0.15) is 13.2 Å². The van der Waals surface area contributed by atoms with Crippen LogP contribution in [0.1, 0.15) is 18.1 Å². The number of benzene rings is 2. The van der Waals surface area contributed by atoms with Gasteiger partial charge in [0.2, 0.25) is 5.91 Å². The molecular formula is C19H19F3N2O5S. The molecule has 0 atom stereocenters. The Hall–Kier alpha value is -2.95. The monoisotopic (exact) mass is 444 g/mol. The molecule has 1 amide bonds. The quantitative estimate of drug-likeness (QED) is 0.350. The zero-order valence-electron chi connectivity index (χ0n) is 16.1. The summed E-state index contributed by atoms with van der Waals surface area (Å²) in [4.78, 5) is 22.3. The summed E-state index contributed by atoms with van der Waals surface area (Å²) in [6.07, 6.45) is -4.69. The molecule has 0 aliphatic heterocycles. The van der Waals surface area contributed by atoms with Crippen LogP contribution in [-0.2, 0) is 17.5 Å². The molecule has 11 heteroatoms. The number of hydrogen-bond donors (Lipinski definition) is 1. The molecule has 162 valence electrons. The van der Waals surface area contributed by atoms with Crippen molar-refractivity contribution < 1.29 is 32.4 Å². The molecule has 30 heavy (non-hydrogen) atoms. The molecule has 0 saturated heterocycles. The highest BCUT2D eigenvalue weighted by molar-refractivity contribution is 8.00. The summed E-state index contributed by atoms with van der Waals surface area (Å²) in [5, 5.41) is 13.7. The van der Waals surface area contributed by atoms with E-state index >= 15 is 0 Å². The normalized spacial score (nSPS) is 11.1. The van der Waals surface area contributed by atoms with Gasteiger partial charge < -0.3 is 14.8 Å². The highest BCUT2D eigenvalue weighted by Gasteiger charge is 2.33. The topological polar surface area (TPSA) is 90.7 Å². The van der Waals surface area contributed by atoms with Crippen LogP contribution in [0.5, 0.6) is 11.5 Å². The summed E-state index contributed by atoms with van der Waals surface area (Å²) < 4.78 is 48.9. The number of ether oxygens (including phenoxy) is 2. The molecule has 1 N–H and O–H groups in total. The lowest BCUT2D eigenvalue weighted by molar-refractivity contribution is -0.388. The van der Waals surface area contributed by atoms with E-state index in [1.54, 1.807) is 18.2 Å². The minimum Gasteiger partial charge on any atom is -0.493 e. The molecular weight excluding hydrogens is 425 g/mol. The maximum atomic E-state index is 12.8. The van der Waals surface area contributed by atoms with Crippen LogP contribution in [0.2, 0.25) is 0 Å². The SMILES string of the molecule is CCOc1ccc(CNC(=O)CSc2ccc(C(F)(F)F)cc2[N+](=O)[O-])cc1OC. The standard InChI is InChI=1S/C19H19F3N2O5S/c1-3-29-15-6-4-12(8-16(15)28-2)10-23-18(25)11-30-17-7-5-13(19(20,21)22)9-14(17)24(26)27/h4-9H,3,10-11H2,1-2H3,(H,23,25). The van der Waals surface area contributed by atoms with Crippen LogP contribution in [-0.4, -0.2) is 30.3 Å². The largest absolute Gasteiger partial charge is 0.493 e. The number of nitrogens with zero attached hydrogens (tertiary/aromatic N) is 1. The smallest absolute Gasteiger partial charge is 0.416 e. The summed E-state index contributed by atoms with van der Waals surface area (Å²) in [6, 6.07) is 7.38. The van der Waals surface area contributed by atoms with Gasteiger partial charge in [-0.25, -0.2) is 0 Å². The van der Waals surface area contributed by atoms with E-state index in [2.05, 4.69) is 5.32 Å². The first-order chi connectivity index (χ1) is 14.2. The van der Waals surface area contributed by atoms with Crippen LogP contribution >= 0.6 is 11.8 Å². The highest BCUT2D eigenvalue weighted by atomic mass is 32.2. The molecule has 2 rings (SSSR count). The van der Waals surface area contributed by atoms with Gasteiger partial charge in [0, 0.05) is 12.6 Å². The lowest BCUT2D eigenvalue weighted by Gasteiger charge is -2.12. The lowest BCUT2D eigenvalue weighted by atomic mass is 10.2. The van der Waals surface area contributed by atoms with Crippen molar-refractivity contribution in [2.45, 2.75) is 24.5 Å². The van der Waals surface area contributed by atoms with Crippen molar-refractivity contribution >= 4 is 23.4 Å². The molecule has 0 saturated carbocycles. The van der Waals surface area contributed by atoms with E-state index < -0.39 is 28.3 Å². The van der Waals surface area contributed by atoms with E-state index in [0.29, 0.717) is 24.2 Å². The number of amides is 1. The molecule has 0 bridgehead atoms. The van der Waals surface area contributed by atoms with Gasteiger partial charge in [-0.1, -0.05) is 6.07 Å². The zero-order valence-corrected chi connectivity index (χ0v) is 16.9. The average molecular weight is 444 g/mol. The van der Waals surface area contributed by atoms with Crippen molar-refractivity contribution in [3.8, 4) is 11.5 Å². The van der Waals surface area contributed by atoms with Crippen molar-refractivity contribution in [1.82, 2.24) is 5.32 Å². The Morgan fingerprint density at radius 3 is 2.53 bits per heavy atom. The number of carbonyl (C=O) groups excluding carboxylic acids is 1. The van der Waals surface area contributed by atoms with E-state index in [1.807, 2.05) is 6.92 Å². The Morgan fingerprint density at radius 2 is 1.93 bits per heavy atom. The van der Waals surface area contributed by atoms with Gasteiger partial charge in [-0.05, 0) is 36.8 Å². The van der Waals surface area contributed by atoms with Gasteiger partial charge in [0.25, 0.3) is 5.69 Å². The number of nitrogens with one attached hydrogen (secondary N) is 1. The average Bonchev–Trinajstić information content (AvgIpc) is 2.70. The second kappa shape index (κ2) is 10.2. The number of alkyl halides is 3. The minimum atomic E-state index is -4.69. The van der Waals surface area contributed by atoms with Crippen LogP contribution in [0.25, 0.3) is 0 Å². The fourth-order valence-electron chi connectivity index (χ4n) is 2.45. The molecule has 0 unspecified atom stereocenters. The molecule has 0 aliphatic rings. The molecule has 2 aromatic carbocycles. The Bertz CT molecular complexity index is 922. The maximum Gasteiger partial charge on any atom is 0.416 e. The summed E-state index contributed by atoms with van der Waals surface area (Å²) in [6.45, 7) is 2.49. The third kappa shape index (κ3) is 6.28. The summed E-state index contributed by atoms with van der Waals surface area (Å²) in [5.41, 5.74) is -1.07.